The van der Waals surface area contributed by atoms with Gasteiger partial charge in [0, 0.05) is 25.2 Å². The predicted octanol–water partition coefficient (Wildman–Crippen LogP) is 0.427. The van der Waals surface area contributed by atoms with E-state index in [4.69, 9.17) is 4.74 Å². The topological polar surface area (TPSA) is 136 Å². The largest absolute Gasteiger partial charge is 0.466 e. The Morgan fingerprint density at radius 2 is 2.04 bits per heavy atom. The van der Waals surface area contributed by atoms with Crippen molar-refractivity contribution in [2.45, 2.75) is 30.7 Å². The van der Waals surface area contributed by atoms with Crippen molar-refractivity contribution < 1.29 is 27.7 Å². The highest BCUT2D eigenvalue weighted by atomic mass is 32.2. The van der Waals surface area contributed by atoms with Crippen LogP contribution in [-0.2, 0) is 24.3 Å². The molecule has 1 N–H and O–H groups in total. The quantitative estimate of drug-likeness (QED) is 0.408. The molecule has 142 valence electrons. The van der Waals surface area contributed by atoms with Gasteiger partial charge >= 0.3 is 5.97 Å². The number of esters is 1. The molecule has 1 heterocycles. The number of ether oxygens (including phenoxy) is 1. The molecule has 0 aliphatic carbocycles. The van der Waals surface area contributed by atoms with Crippen LogP contribution < -0.4 is 5.32 Å². The lowest BCUT2D eigenvalue weighted by Gasteiger charge is -2.33. The summed E-state index contributed by atoms with van der Waals surface area (Å²) in [5.41, 5.74) is -0.250. The van der Waals surface area contributed by atoms with Crippen LogP contribution in [0.4, 0.5) is 5.69 Å². The fraction of sp³-hybridized carbons (Fsp3) is 0.467. The van der Waals surface area contributed by atoms with Gasteiger partial charge in [-0.3, -0.25) is 19.7 Å². The van der Waals surface area contributed by atoms with Crippen LogP contribution in [0.25, 0.3) is 0 Å². The van der Waals surface area contributed by atoms with Crippen molar-refractivity contribution >= 4 is 27.6 Å². The number of sulfonamides is 1. The van der Waals surface area contributed by atoms with Crippen molar-refractivity contribution in [3.63, 3.8) is 0 Å². The molecular weight excluding hydrogens is 366 g/mol. The standard InChI is InChI=1S/C15H19N3O7S/c1-2-9-25-14(19)10-13-15(20)16-7-8-17(13)26(23,24)12-5-3-11(4-6-12)18(21)22/h3-6,13H,2,7-10H2,1H3,(H,16,20). The summed E-state index contributed by atoms with van der Waals surface area (Å²) < 4.78 is 31.6. The molecule has 0 bridgehead atoms. The Morgan fingerprint density at radius 3 is 2.62 bits per heavy atom. The summed E-state index contributed by atoms with van der Waals surface area (Å²) in [6, 6.07) is 3.12. The van der Waals surface area contributed by atoms with Gasteiger partial charge in [0.15, 0.2) is 0 Å². The lowest BCUT2D eigenvalue weighted by atomic mass is 10.1. The second-order valence-electron chi connectivity index (χ2n) is 5.60. The molecule has 1 aromatic carbocycles. The molecule has 11 heteroatoms. The van der Waals surface area contributed by atoms with E-state index in [-0.39, 0.29) is 30.3 Å². The Morgan fingerprint density at radius 1 is 1.38 bits per heavy atom. The molecule has 1 atom stereocenters. The number of nitro groups is 1. The highest BCUT2D eigenvalue weighted by Gasteiger charge is 2.40. The van der Waals surface area contributed by atoms with Crippen LogP contribution in [-0.4, -0.2) is 55.3 Å². The number of nitrogens with zero attached hydrogens (tertiary/aromatic N) is 2. The molecule has 1 aromatic rings. The third-order valence-electron chi connectivity index (χ3n) is 3.76. The predicted molar refractivity (Wildman–Crippen MR) is 89.7 cm³/mol. The molecule has 0 saturated carbocycles. The number of piperazine rings is 1. The monoisotopic (exact) mass is 385 g/mol. The van der Waals surface area contributed by atoms with E-state index < -0.39 is 39.3 Å². The smallest absolute Gasteiger partial charge is 0.307 e. The first-order valence-corrected chi connectivity index (χ1v) is 9.41. The first kappa shape index (κ1) is 19.8. The number of rotatable bonds is 7. The van der Waals surface area contributed by atoms with Crippen LogP contribution in [0, 0.1) is 10.1 Å². The fourth-order valence-corrected chi connectivity index (χ4v) is 4.07. The van der Waals surface area contributed by atoms with Crippen LogP contribution in [0.1, 0.15) is 19.8 Å². The Bertz CT molecular complexity index is 792. The lowest BCUT2D eigenvalue weighted by molar-refractivity contribution is -0.384. The van der Waals surface area contributed by atoms with Gasteiger partial charge in [0.2, 0.25) is 15.9 Å². The highest BCUT2D eigenvalue weighted by molar-refractivity contribution is 7.89. The summed E-state index contributed by atoms with van der Waals surface area (Å²) >= 11 is 0. The Balaban J connectivity index is 2.27. The molecule has 1 unspecified atom stereocenters. The van der Waals surface area contributed by atoms with Gasteiger partial charge in [0.05, 0.1) is 22.8 Å². The molecule has 1 saturated heterocycles. The van der Waals surface area contributed by atoms with E-state index in [1.165, 1.54) is 0 Å². The third-order valence-corrected chi connectivity index (χ3v) is 5.69. The molecule has 26 heavy (non-hydrogen) atoms. The van der Waals surface area contributed by atoms with Crippen molar-refractivity contribution in [2.75, 3.05) is 19.7 Å². The van der Waals surface area contributed by atoms with E-state index in [1.54, 1.807) is 0 Å². The minimum absolute atomic E-state index is 0.0171. The second-order valence-corrected chi connectivity index (χ2v) is 7.49. The first-order valence-electron chi connectivity index (χ1n) is 7.97. The molecule has 10 nitrogen and oxygen atoms in total. The number of benzene rings is 1. The number of non-ortho nitro benzene ring substituents is 1. The lowest BCUT2D eigenvalue weighted by Crippen LogP contribution is -2.57. The number of nitrogens with one attached hydrogen (secondary N) is 1. The summed E-state index contributed by atoms with van der Waals surface area (Å²) in [6.45, 7) is 2.08. The number of hydrogen-bond acceptors (Lipinski definition) is 7. The van der Waals surface area contributed by atoms with Crippen LogP contribution in [0.3, 0.4) is 0 Å². The number of carbonyl (C=O) groups excluding carboxylic acids is 2. The molecule has 1 aliphatic heterocycles. The Labute approximate surface area is 150 Å². The number of hydrogen-bond donors (Lipinski definition) is 1. The van der Waals surface area contributed by atoms with Gasteiger partial charge in [-0.05, 0) is 18.6 Å². The van der Waals surface area contributed by atoms with Gasteiger partial charge in [0.1, 0.15) is 6.04 Å². The van der Waals surface area contributed by atoms with E-state index in [2.05, 4.69) is 5.32 Å². The Kier molecular flexibility index (Phi) is 6.27. The SMILES string of the molecule is CCCOC(=O)CC1C(=O)NCCN1S(=O)(=O)c1ccc([N+](=O)[O-])cc1. The van der Waals surface area contributed by atoms with Gasteiger partial charge in [-0.2, -0.15) is 4.31 Å². The van der Waals surface area contributed by atoms with E-state index in [0.29, 0.717) is 6.42 Å². The van der Waals surface area contributed by atoms with E-state index in [0.717, 1.165) is 28.6 Å². The Hall–Kier alpha value is -2.53. The minimum Gasteiger partial charge on any atom is -0.466 e. The van der Waals surface area contributed by atoms with Crippen molar-refractivity contribution in [1.82, 2.24) is 9.62 Å². The van der Waals surface area contributed by atoms with E-state index in [9.17, 15) is 28.1 Å². The molecule has 0 spiro atoms. The van der Waals surface area contributed by atoms with Gasteiger partial charge in [-0.1, -0.05) is 6.92 Å². The molecule has 0 radical (unpaired) electrons. The number of amides is 1. The fourth-order valence-electron chi connectivity index (χ4n) is 2.48. The van der Waals surface area contributed by atoms with Crippen molar-refractivity contribution in [3.8, 4) is 0 Å². The summed E-state index contributed by atoms with van der Waals surface area (Å²) in [4.78, 5) is 33.8. The minimum atomic E-state index is -4.11. The van der Waals surface area contributed by atoms with Crippen molar-refractivity contribution in [2.24, 2.45) is 0 Å². The maximum Gasteiger partial charge on any atom is 0.307 e. The summed E-state index contributed by atoms with van der Waals surface area (Å²) in [6.07, 6.45) is 0.200. The molecular formula is C15H19N3O7S. The zero-order valence-corrected chi connectivity index (χ0v) is 14.9. The second kappa shape index (κ2) is 8.23. The first-order chi connectivity index (χ1) is 12.3. The van der Waals surface area contributed by atoms with E-state index in [1.807, 2.05) is 6.92 Å². The summed E-state index contributed by atoms with van der Waals surface area (Å²) in [7, 11) is -4.11. The molecule has 1 amide bonds. The highest BCUT2D eigenvalue weighted by Crippen LogP contribution is 2.23. The number of nitro benzene ring substituents is 1. The summed E-state index contributed by atoms with van der Waals surface area (Å²) in [5.74, 6) is -1.26. The maximum atomic E-state index is 12.8. The normalized spacial score (nSPS) is 18.2. The molecule has 0 aromatic heterocycles. The number of carbonyl (C=O) groups is 2. The van der Waals surface area contributed by atoms with Gasteiger partial charge in [-0.15, -0.1) is 0 Å². The van der Waals surface area contributed by atoms with Gasteiger partial charge in [-0.25, -0.2) is 8.42 Å². The van der Waals surface area contributed by atoms with Crippen LogP contribution >= 0.6 is 0 Å². The average molecular weight is 385 g/mol. The van der Waals surface area contributed by atoms with Gasteiger partial charge in [0.25, 0.3) is 5.69 Å². The third kappa shape index (κ3) is 4.35. The van der Waals surface area contributed by atoms with E-state index >= 15 is 0 Å². The summed E-state index contributed by atoms with van der Waals surface area (Å²) in [5, 5.41) is 13.2. The zero-order chi connectivity index (χ0) is 19.3. The molecule has 1 aliphatic rings. The maximum absolute atomic E-state index is 12.8. The molecule has 1 fully saturated rings. The van der Waals surface area contributed by atoms with Crippen molar-refractivity contribution in [3.05, 3.63) is 34.4 Å². The van der Waals surface area contributed by atoms with Gasteiger partial charge < -0.3 is 10.1 Å². The van der Waals surface area contributed by atoms with Crippen LogP contribution in [0.2, 0.25) is 0 Å². The average Bonchev–Trinajstić information content (AvgIpc) is 2.61. The van der Waals surface area contributed by atoms with Crippen molar-refractivity contribution in [1.29, 1.82) is 0 Å². The zero-order valence-electron chi connectivity index (χ0n) is 14.1. The van der Waals surface area contributed by atoms with Crippen LogP contribution in [0.5, 0.6) is 0 Å². The molecule has 2 rings (SSSR count). The van der Waals surface area contributed by atoms with Crippen LogP contribution in [0.15, 0.2) is 29.2 Å².